The number of halogens is 2. The summed E-state index contributed by atoms with van der Waals surface area (Å²) in [6.07, 6.45) is 0. The minimum atomic E-state index is -2.39. The molecule has 5 aromatic carbocycles. The first kappa shape index (κ1) is 64.9. The van der Waals surface area contributed by atoms with Crippen LogP contribution in [0, 0.1) is 18.6 Å². The summed E-state index contributed by atoms with van der Waals surface area (Å²) >= 11 is 0. The summed E-state index contributed by atoms with van der Waals surface area (Å²) in [5.74, 6) is -14.7. The summed E-state index contributed by atoms with van der Waals surface area (Å²) in [5.41, 5.74) is -3.99. The van der Waals surface area contributed by atoms with E-state index >= 15 is 8.78 Å². The Morgan fingerprint density at radius 3 is 1.19 bits per heavy atom. The van der Waals surface area contributed by atoms with Gasteiger partial charge in [0.1, 0.15) is 26.2 Å². The molecule has 0 radical (unpaired) electrons. The van der Waals surface area contributed by atoms with Gasteiger partial charge in [-0.15, -0.1) is 0 Å². The molecule has 1 aliphatic heterocycles. The average molecular weight is 1230 g/mol. The van der Waals surface area contributed by atoms with Crippen LogP contribution in [0.4, 0.5) is 20.2 Å². The fourth-order valence-corrected chi connectivity index (χ4v) is 9.28. The summed E-state index contributed by atoms with van der Waals surface area (Å²) in [7, 11) is 0. The van der Waals surface area contributed by atoms with E-state index in [0.29, 0.717) is 5.56 Å². The number of fused-ring (bicyclic) bond motifs is 6. The highest BCUT2D eigenvalue weighted by Crippen LogP contribution is 2.60. The third-order valence-electron chi connectivity index (χ3n) is 13.0. The van der Waals surface area contributed by atoms with Gasteiger partial charge in [0.15, 0.2) is 51.7 Å². The van der Waals surface area contributed by atoms with Gasteiger partial charge in [-0.1, -0.05) is 32.0 Å². The molecular weight excluding hydrogens is 1170 g/mol. The molecule has 2 aliphatic rings. The van der Waals surface area contributed by atoms with E-state index in [1.807, 2.05) is 0 Å². The van der Waals surface area contributed by atoms with Crippen LogP contribution in [0.25, 0.3) is 0 Å². The smallest absolute Gasteiger partial charge is 0.340 e. The number of carbonyl (C=O) groups excluding carboxylic acids is 11. The van der Waals surface area contributed by atoms with E-state index in [-0.39, 0.29) is 62.0 Å². The second-order valence-corrected chi connectivity index (χ2v) is 19.8. The lowest BCUT2D eigenvalue weighted by Crippen LogP contribution is -2.42. The summed E-state index contributed by atoms with van der Waals surface area (Å²) in [4.78, 5) is 142. The van der Waals surface area contributed by atoms with Crippen LogP contribution in [0.2, 0.25) is 0 Å². The van der Waals surface area contributed by atoms with Crippen molar-refractivity contribution >= 4 is 77.0 Å². The van der Waals surface area contributed by atoms with Gasteiger partial charge in [-0.25, -0.2) is 13.6 Å². The molecule has 28 heteroatoms. The van der Waals surface area contributed by atoms with Crippen molar-refractivity contribution < 1.29 is 123 Å². The van der Waals surface area contributed by atoms with Crippen LogP contribution in [0.5, 0.6) is 34.5 Å². The van der Waals surface area contributed by atoms with Crippen LogP contribution in [0.3, 0.4) is 0 Å². The van der Waals surface area contributed by atoms with Crippen molar-refractivity contribution in [1.29, 1.82) is 0 Å². The Morgan fingerprint density at radius 1 is 0.432 bits per heavy atom. The van der Waals surface area contributed by atoms with Crippen LogP contribution in [0.1, 0.15) is 99.1 Å². The normalized spacial score (nSPS) is 12.7. The lowest BCUT2D eigenvalue weighted by Gasteiger charge is -2.44. The largest absolute Gasteiger partial charge is 0.451 e. The number of nitrogens with zero attached hydrogens (tertiary/aromatic N) is 2. The molecule has 0 aromatic heterocycles. The van der Waals surface area contributed by atoms with Crippen molar-refractivity contribution in [3.63, 3.8) is 0 Å². The highest BCUT2D eigenvalue weighted by Gasteiger charge is 2.57. The molecule has 0 saturated carbocycles. The van der Waals surface area contributed by atoms with Crippen LogP contribution >= 0.6 is 0 Å². The number of benzene rings is 5. The van der Waals surface area contributed by atoms with Crippen molar-refractivity contribution in [2.24, 2.45) is 0 Å². The minimum Gasteiger partial charge on any atom is -0.451 e. The van der Waals surface area contributed by atoms with Gasteiger partial charge >= 0.3 is 65.7 Å². The van der Waals surface area contributed by atoms with Crippen molar-refractivity contribution in [3.8, 4) is 34.5 Å². The molecule has 0 bridgehead atoms. The molecule has 5 aromatic rings. The molecule has 1 spiro atoms. The van der Waals surface area contributed by atoms with E-state index in [0.717, 1.165) is 69.5 Å². The molecule has 0 saturated heterocycles. The molecular formula is C60H56F2N2O24. The predicted octanol–water partition coefficient (Wildman–Crippen LogP) is 6.68. The van der Waals surface area contributed by atoms with E-state index in [1.54, 1.807) is 26.8 Å². The van der Waals surface area contributed by atoms with E-state index in [1.165, 1.54) is 54.6 Å². The predicted molar refractivity (Wildman–Crippen MR) is 292 cm³/mol. The van der Waals surface area contributed by atoms with Gasteiger partial charge in [0, 0.05) is 63.6 Å². The first-order valence-corrected chi connectivity index (χ1v) is 26.3. The van der Waals surface area contributed by atoms with Crippen molar-refractivity contribution in [1.82, 2.24) is 0 Å². The summed E-state index contributed by atoms with van der Waals surface area (Å²) in [6.45, 7) is 4.64. The highest BCUT2D eigenvalue weighted by atomic mass is 19.1. The third kappa shape index (κ3) is 15.4. The topological polar surface area (TPSA) is 314 Å². The molecule has 0 fully saturated rings. The Balaban J connectivity index is 1.47. The second kappa shape index (κ2) is 27.6. The minimum absolute atomic E-state index is 0.0292. The van der Waals surface area contributed by atoms with E-state index in [4.69, 9.17) is 61.6 Å². The molecule has 88 heavy (non-hydrogen) atoms. The van der Waals surface area contributed by atoms with Gasteiger partial charge < -0.3 is 71.4 Å². The number of para-hydroxylation sites is 2. The molecule has 26 nitrogen and oxygen atoms in total. The van der Waals surface area contributed by atoms with Crippen LogP contribution in [-0.4, -0.2) is 119 Å². The number of ether oxygens (including phenoxy) is 13. The Hall–Kier alpha value is -10.7. The zero-order valence-corrected chi connectivity index (χ0v) is 48.6. The molecule has 0 atom stereocenters. The van der Waals surface area contributed by atoms with Gasteiger partial charge in [-0.3, -0.25) is 47.9 Å². The van der Waals surface area contributed by atoms with Gasteiger partial charge in [-0.2, -0.15) is 0 Å². The zero-order chi connectivity index (χ0) is 64.4. The lowest BCUT2D eigenvalue weighted by molar-refractivity contribution is -0.167. The van der Waals surface area contributed by atoms with Crippen LogP contribution < -0.4 is 28.7 Å². The first-order chi connectivity index (χ1) is 41.6. The van der Waals surface area contributed by atoms with Gasteiger partial charge in [0.25, 0.3) is 0 Å². The Bertz CT molecular complexity index is 3510. The number of aryl methyl sites for hydroxylation is 1. The number of hydrogen-bond donors (Lipinski definition) is 0. The van der Waals surface area contributed by atoms with Crippen LogP contribution in [-0.2, 0) is 102 Å². The van der Waals surface area contributed by atoms with Crippen molar-refractivity contribution in [3.05, 3.63) is 129 Å². The standard InChI is InChI=1S/C60H56F2N2O24/c1-31-14-15-46(63(23-54(71)80-27-76-32(2)65)24-55(72)81-28-77-33(3)66)52(16-31)86-48-12-10-11-13-49(48)87-53-20-39-38(17-47(53)64(25-56(73)82-29-78-34(4)67)26-57(74)83-30-79-35(5)68)58(75)88-60(39)42-18-44(61)50(84-36(6)69)21-40(42)59(8,9)41-22-51(85-37(7)70)45(62)19-43(41)60/h10-22H,23-30H2,1-9H3. The maximum atomic E-state index is 16.6. The SMILES string of the molecule is CC(=O)OCOC(=O)CN(CC(=O)OCOC(C)=O)c1ccc(C)cc1Oc1ccccc1Oc1cc2c(cc1N(CC(=O)OCOC(C)=O)CC(=O)OCOC(C)=O)C(=O)OC21c2cc(F)c(OC(C)=O)cc2C(C)(C)c2cc(OC(C)=O)c(F)cc21. The summed E-state index contributed by atoms with van der Waals surface area (Å²) in [5, 5.41) is 0. The van der Waals surface area contributed by atoms with Gasteiger partial charge in [-0.05, 0) is 84.3 Å². The number of rotatable bonds is 24. The maximum Gasteiger partial charge on any atom is 0.340 e. The third-order valence-corrected chi connectivity index (χ3v) is 13.0. The number of esters is 11. The quantitative estimate of drug-likeness (QED) is 0.0269. The maximum absolute atomic E-state index is 16.6. The average Bonchev–Trinajstić information content (AvgIpc) is 1.31. The molecule has 1 aliphatic carbocycles. The fourth-order valence-electron chi connectivity index (χ4n) is 9.28. The molecule has 7 rings (SSSR count). The molecule has 0 N–H and O–H groups in total. The van der Waals surface area contributed by atoms with E-state index in [2.05, 4.69) is 0 Å². The van der Waals surface area contributed by atoms with E-state index in [9.17, 15) is 52.7 Å². The van der Waals surface area contributed by atoms with E-state index < -0.39 is 159 Å². The van der Waals surface area contributed by atoms with Gasteiger partial charge in [0.05, 0.1) is 16.9 Å². The lowest BCUT2D eigenvalue weighted by atomic mass is 9.61. The van der Waals surface area contributed by atoms with Crippen LogP contribution in [0.15, 0.2) is 78.9 Å². The first-order valence-electron chi connectivity index (χ1n) is 26.3. The highest BCUT2D eigenvalue weighted by molar-refractivity contribution is 5.99. The summed E-state index contributed by atoms with van der Waals surface area (Å²) < 4.78 is 103. The summed E-state index contributed by atoms with van der Waals surface area (Å²) in [6, 6.07) is 16.9. The van der Waals surface area contributed by atoms with Crippen molar-refractivity contribution in [2.45, 2.75) is 73.3 Å². The Labute approximate surface area is 499 Å². The molecule has 1 heterocycles. The monoisotopic (exact) mass is 1230 g/mol. The molecule has 464 valence electrons. The number of carbonyl (C=O) groups is 11. The zero-order valence-electron chi connectivity index (χ0n) is 48.6. The Kier molecular flexibility index (Phi) is 20.3. The Morgan fingerprint density at radius 2 is 0.807 bits per heavy atom. The molecule has 0 amide bonds. The second-order valence-electron chi connectivity index (χ2n) is 19.8. The number of hydrogen-bond acceptors (Lipinski definition) is 26. The fraction of sp³-hybridized carbons (Fsp3) is 0.317. The molecule has 0 unspecified atom stereocenters. The van der Waals surface area contributed by atoms with Gasteiger partial charge in [0.2, 0.25) is 27.2 Å². The number of anilines is 2. The van der Waals surface area contributed by atoms with Crippen molar-refractivity contribution in [2.75, 3.05) is 63.2 Å².